The summed E-state index contributed by atoms with van der Waals surface area (Å²) in [6, 6.07) is 6.51. The van der Waals surface area contributed by atoms with E-state index in [1.165, 1.54) is 21.5 Å². The molecule has 0 aliphatic rings. The summed E-state index contributed by atoms with van der Waals surface area (Å²) in [6.45, 7) is 3.49. The summed E-state index contributed by atoms with van der Waals surface area (Å²) >= 11 is 15.4. The Kier molecular flexibility index (Phi) is 11.0. The normalized spacial score (nSPS) is 11.2. The monoisotopic (exact) mass is 812 g/mol. The second-order valence-electron chi connectivity index (χ2n) is 11.0. The van der Waals surface area contributed by atoms with E-state index in [2.05, 4.69) is 26.1 Å². The smallest absolute Gasteiger partial charge is 0.269 e. The molecule has 51 heavy (non-hydrogen) atoms. The van der Waals surface area contributed by atoms with Gasteiger partial charge in [0.2, 0.25) is 0 Å². The van der Waals surface area contributed by atoms with Gasteiger partial charge in [-0.25, -0.2) is 26.3 Å². The highest BCUT2D eigenvalue weighted by Gasteiger charge is 2.26. The highest BCUT2D eigenvalue weighted by Crippen LogP contribution is 2.39. The lowest BCUT2D eigenvalue weighted by molar-refractivity contribution is 0.544. The minimum absolute atomic E-state index is 0.0365. The number of rotatable bonds is 6. The number of aryl methyl sites for hydroxylation is 2. The molecule has 0 atom stereocenters. The molecular weight excluding hydrogens is 789 g/mol. The van der Waals surface area contributed by atoms with E-state index in [1.807, 2.05) is 0 Å². The Balaban J connectivity index is 0.000000198. The van der Waals surface area contributed by atoms with Crippen molar-refractivity contribution in [3.8, 4) is 45.0 Å². The fourth-order valence-corrected chi connectivity index (χ4v) is 6.53. The molecule has 0 radical (unpaired) electrons. The number of aromatic nitrogens is 6. The fourth-order valence-electron chi connectivity index (χ4n) is 5.52. The molecule has 17 heteroatoms. The molecule has 0 spiro atoms. The summed E-state index contributed by atoms with van der Waals surface area (Å²) in [4.78, 5) is 24.8. The fraction of sp³-hybridized carbons (Fsp3) is 0.176. The maximum absolute atomic E-state index is 14.5. The molecular formula is C34H25BrCl2F6N6O2. The van der Waals surface area contributed by atoms with Gasteiger partial charge in [-0.1, -0.05) is 23.2 Å². The van der Waals surface area contributed by atoms with Gasteiger partial charge in [0.1, 0.15) is 50.6 Å². The lowest BCUT2D eigenvalue weighted by Gasteiger charge is -2.17. The minimum atomic E-state index is -1.13. The minimum Gasteiger partial charge on any atom is -0.306 e. The first-order chi connectivity index (χ1) is 24.1. The molecule has 6 aromatic rings. The van der Waals surface area contributed by atoms with Crippen molar-refractivity contribution in [2.24, 2.45) is 14.1 Å². The van der Waals surface area contributed by atoms with Crippen LogP contribution in [0, 0.1) is 34.9 Å². The average Bonchev–Trinajstić information content (AvgIpc) is 3.63. The first-order valence-electron chi connectivity index (χ1n) is 14.9. The Morgan fingerprint density at radius 2 is 1.10 bits per heavy atom. The second-order valence-corrected chi connectivity index (χ2v) is 12.6. The molecule has 0 unspecified atom stereocenters. The van der Waals surface area contributed by atoms with Crippen molar-refractivity contribution in [3.05, 3.63) is 125 Å². The molecule has 0 bridgehead atoms. The van der Waals surface area contributed by atoms with Gasteiger partial charge >= 0.3 is 0 Å². The van der Waals surface area contributed by atoms with Gasteiger partial charge in [0.15, 0.2) is 0 Å². The summed E-state index contributed by atoms with van der Waals surface area (Å²) in [5, 5.41) is 8.26. The molecule has 0 aliphatic heterocycles. The van der Waals surface area contributed by atoms with E-state index >= 15 is 0 Å². The zero-order chi connectivity index (χ0) is 37.5. The predicted octanol–water partition coefficient (Wildman–Crippen LogP) is 8.78. The van der Waals surface area contributed by atoms with Crippen LogP contribution in [-0.4, -0.2) is 28.7 Å². The van der Waals surface area contributed by atoms with Crippen LogP contribution < -0.4 is 11.1 Å². The van der Waals surface area contributed by atoms with Crippen LogP contribution in [0.1, 0.15) is 13.8 Å². The van der Waals surface area contributed by atoms with Crippen LogP contribution in [0.4, 0.5) is 26.3 Å². The third kappa shape index (κ3) is 7.28. The number of hydrogen-bond acceptors (Lipinski definition) is 4. The number of hydrogen-bond donors (Lipinski definition) is 0. The lowest BCUT2D eigenvalue weighted by atomic mass is 10.0. The van der Waals surface area contributed by atoms with E-state index in [9.17, 15) is 35.9 Å². The Labute approximate surface area is 304 Å². The van der Waals surface area contributed by atoms with Gasteiger partial charge in [0, 0.05) is 75.0 Å². The highest BCUT2D eigenvalue weighted by atomic mass is 79.9. The van der Waals surface area contributed by atoms with Gasteiger partial charge in [-0.05, 0) is 48.0 Å². The molecule has 0 fully saturated rings. The molecule has 0 saturated heterocycles. The maximum atomic E-state index is 14.5. The van der Waals surface area contributed by atoms with E-state index in [4.69, 9.17) is 23.2 Å². The molecule has 8 nitrogen and oxygen atoms in total. The van der Waals surface area contributed by atoms with E-state index in [-0.39, 0.29) is 45.6 Å². The SMILES string of the molecule is CCn1c(-c2c(F)cc(F)cc2F)c(-c2ccn(C)n2)cc(Cl)c1=O.CCn1c(-c2c(F)cc(F)cc2F)c(-c2nn(C)cc2Br)cc(Cl)c1=O. The molecule has 0 aliphatic carbocycles. The Bertz CT molecular complexity index is 2400. The molecule has 0 saturated carbocycles. The van der Waals surface area contributed by atoms with Crippen LogP contribution in [0.25, 0.3) is 45.0 Å². The standard InChI is InChI=1S/C17H12BrClF3N3O.C17H13ClF3N3O/c1-3-25-16(14-12(21)4-8(20)5-13(14)22)9(6-11(19)17(25)26)15-10(18)7-24(2)23-15;1-3-24-16(15-12(20)6-9(19)7-13(15)21)10(8-11(18)17(24)25)14-4-5-23(2)22-14/h4-7H,3H2,1-2H3;4-8H,3H2,1-2H3. The topological polar surface area (TPSA) is 79.6 Å². The maximum Gasteiger partial charge on any atom is 0.269 e. The van der Waals surface area contributed by atoms with Crippen molar-refractivity contribution in [2.75, 3.05) is 0 Å². The third-order valence-corrected chi connectivity index (χ3v) is 8.76. The first kappa shape index (κ1) is 37.7. The van der Waals surface area contributed by atoms with Crippen LogP contribution in [0.2, 0.25) is 10.0 Å². The van der Waals surface area contributed by atoms with E-state index in [0.717, 1.165) is 9.13 Å². The third-order valence-electron chi connectivity index (χ3n) is 7.64. The zero-order valence-corrected chi connectivity index (χ0v) is 30.1. The van der Waals surface area contributed by atoms with Crippen molar-refractivity contribution >= 4 is 39.1 Å². The van der Waals surface area contributed by atoms with Crippen LogP contribution in [-0.2, 0) is 27.2 Å². The molecule has 4 heterocycles. The highest BCUT2D eigenvalue weighted by molar-refractivity contribution is 9.10. The largest absolute Gasteiger partial charge is 0.306 e. The Morgan fingerprint density at radius 1 is 0.667 bits per heavy atom. The van der Waals surface area contributed by atoms with Gasteiger partial charge in [0.05, 0.1) is 32.7 Å². The summed E-state index contributed by atoms with van der Waals surface area (Å²) in [7, 11) is 3.35. The second kappa shape index (κ2) is 14.9. The zero-order valence-electron chi connectivity index (χ0n) is 27.0. The van der Waals surface area contributed by atoms with Crippen LogP contribution >= 0.6 is 39.1 Å². The summed E-state index contributed by atoms with van der Waals surface area (Å²) in [5.74, 6) is -6.57. The summed E-state index contributed by atoms with van der Waals surface area (Å²) < 4.78 is 90.2. The summed E-state index contributed by atoms with van der Waals surface area (Å²) in [6.07, 6.45) is 3.29. The lowest BCUT2D eigenvalue weighted by Crippen LogP contribution is -2.23. The van der Waals surface area contributed by atoms with E-state index < -0.39 is 57.1 Å². The molecule has 0 N–H and O–H groups in total. The van der Waals surface area contributed by atoms with Gasteiger partial charge in [-0.2, -0.15) is 10.2 Å². The van der Waals surface area contributed by atoms with Crippen molar-refractivity contribution in [2.45, 2.75) is 26.9 Å². The molecule has 266 valence electrons. The average molecular weight is 814 g/mol. The van der Waals surface area contributed by atoms with E-state index in [0.29, 0.717) is 40.1 Å². The molecule has 4 aromatic heterocycles. The van der Waals surface area contributed by atoms with Crippen molar-refractivity contribution < 1.29 is 26.3 Å². The number of benzene rings is 2. The quantitative estimate of drug-likeness (QED) is 0.158. The predicted molar refractivity (Wildman–Crippen MR) is 185 cm³/mol. The Hall–Kier alpha value is -4.60. The van der Waals surface area contributed by atoms with Gasteiger partial charge < -0.3 is 9.13 Å². The summed E-state index contributed by atoms with van der Waals surface area (Å²) in [5.41, 5.74) is -1.08. The first-order valence-corrected chi connectivity index (χ1v) is 16.5. The van der Waals surface area contributed by atoms with Crippen molar-refractivity contribution in [1.82, 2.24) is 28.7 Å². The number of halogens is 9. The van der Waals surface area contributed by atoms with Crippen molar-refractivity contribution in [1.29, 1.82) is 0 Å². The van der Waals surface area contributed by atoms with Crippen molar-refractivity contribution in [3.63, 3.8) is 0 Å². The number of nitrogens with zero attached hydrogens (tertiary/aromatic N) is 6. The van der Waals surface area contributed by atoms with E-state index in [1.54, 1.807) is 46.4 Å². The van der Waals surface area contributed by atoms with Gasteiger partial charge in [0.25, 0.3) is 11.1 Å². The van der Waals surface area contributed by atoms with Crippen LogP contribution in [0.5, 0.6) is 0 Å². The van der Waals surface area contributed by atoms with Crippen LogP contribution in [0.15, 0.2) is 68.9 Å². The number of pyridine rings is 2. The molecule has 0 amide bonds. The Morgan fingerprint density at radius 3 is 1.47 bits per heavy atom. The van der Waals surface area contributed by atoms with Gasteiger partial charge in [-0.3, -0.25) is 19.0 Å². The molecule has 2 aromatic carbocycles. The van der Waals surface area contributed by atoms with Crippen LogP contribution in [0.3, 0.4) is 0 Å². The van der Waals surface area contributed by atoms with Gasteiger partial charge in [-0.15, -0.1) is 0 Å². The molecule has 6 rings (SSSR count).